The van der Waals surface area contributed by atoms with Crippen molar-refractivity contribution in [2.75, 3.05) is 43.4 Å². The van der Waals surface area contributed by atoms with Crippen LogP contribution in [0.1, 0.15) is 26.3 Å². The minimum absolute atomic E-state index is 0.914. The van der Waals surface area contributed by atoms with Crippen molar-refractivity contribution in [2.24, 2.45) is 0 Å². The molecule has 1 aliphatic heterocycles. The predicted molar refractivity (Wildman–Crippen MR) is 83.5 cm³/mol. The Morgan fingerprint density at radius 1 is 1.16 bits per heavy atom. The summed E-state index contributed by atoms with van der Waals surface area (Å²) in [6.45, 7) is 12.3. The first-order valence-corrected chi connectivity index (χ1v) is 7.25. The second-order valence-corrected chi connectivity index (χ2v) is 5.69. The fourth-order valence-electron chi connectivity index (χ4n) is 2.65. The van der Waals surface area contributed by atoms with Gasteiger partial charge in [0, 0.05) is 37.6 Å². The van der Waals surface area contributed by atoms with Gasteiger partial charge in [-0.3, -0.25) is 0 Å². The Bertz CT molecular complexity index is 406. The van der Waals surface area contributed by atoms with E-state index in [1.807, 2.05) is 0 Å². The molecule has 1 aliphatic rings. The number of nitrogen functional groups attached to an aromatic ring is 1. The molecule has 1 heterocycles. The van der Waals surface area contributed by atoms with Gasteiger partial charge in [-0.25, -0.2) is 0 Å². The van der Waals surface area contributed by atoms with Crippen molar-refractivity contribution >= 4 is 11.4 Å². The highest BCUT2D eigenvalue weighted by atomic mass is 15.3. The molecule has 105 valence electrons. The molecule has 1 fully saturated rings. The van der Waals surface area contributed by atoms with E-state index in [1.54, 1.807) is 0 Å². The van der Waals surface area contributed by atoms with Gasteiger partial charge in [0.2, 0.25) is 0 Å². The van der Waals surface area contributed by atoms with E-state index in [0.717, 1.165) is 44.8 Å². The fraction of sp³-hybridized carbons (Fsp3) is 0.562. The van der Waals surface area contributed by atoms with Crippen molar-refractivity contribution in [1.29, 1.82) is 0 Å². The zero-order valence-electron chi connectivity index (χ0n) is 12.4. The minimum atomic E-state index is 0.914. The lowest BCUT2D eigenvalue weighted by molar-refractivity contribution is 0.271. The number of likely N-dealkylation sites (N-methyl/N-ethyl adjacent to an activating group) is 1. The Morgan fingerprint density at radius 3 is 2.42 bits per heavy atom. The van der Waals surface area contributed by atoms with Crippen LogP contribution in [-0.2, 0) is 6.42 Å². The molecule has 1 radical (unpaired) electrons. The summed E-state index contributed by atoms with van der Waals surface area (Å²) in [6.07, 6.45) is 0.981. The molecular weight excluding hydrogens is 234 g/mol. The number of rotatable bonds is 4. The summed E-state index contributed by atoms with van der Waals surface area (Å²) in [4.78, 5) is 4.97. The third-order valence-corrected chi connectivity index (χ3v) is 3.86. The number of anilines is 2. The molecule has 0 amide bonds. The van der Waals surface area contributed by atoms with Gasteiger partial charge in [-0.15, -0.1) is 0 Å². The number of nitrogens with zero attached hydrogens (tertiary/aromatic N) is 2. The molecule has 0 aromatic heterocycles. The molecule has 19 heavy (non-hydrogen) atoms. The molecule has 1 aromatic rings. The topological polar surface area (TPSA) is 32.5 Å². The van der Waals surface area contributed by atoms with Crippen LogP contribution in [-0.4, -0.2) is 37.6 Å². The van der Waals surface area contributed by atoms with Crippen LogP contribution in [0.5, 0.6) is 0 Å². The quantitative estimate of drug-likeness (QED) is 0.845. The molecule has 0 saturated carbocycles. The molecule has 0 spiro atoms. The van der Waals surface area contributed by atoms with Crippen LogP contribution in [0.25, 0.3) is 0 Å². The summed E-state index contributed by atoms with van der Waals surface area (Å²) in [5, 5.41) is 0. The third-order valence-electron chi connectivity index (χ3n) is 3.86. The van der Waals surface area contributed by atoms with E-state index < -0.39 is 0 Å². The molecule has 3 heteroatoms. The van der Waals surface area contributed by atoms with Crippen LogP contribution in [0.2, 0.25) is 0 Å². The van der Waals surface area contributed by atoms with Crippen LogP contribution in [0.3, 0.4) is 0 Å². The molecule has 0 aliphatic carbocycles. The molecular formula is C16H26N3. The van der Waals surface area contributed by atoms with Crippen molar-refractivity contribution in [1.82, 2.24) is 4.90 Å². The molecule has 1 saturated heterocycles. The summed E-state index contributed by atoms with van der Waals surface area (Å²) in [6, 6.07) is 6.48. The van der Waals surface area contributed by atoms with Crippen molar-refractivity contribution in [3.05, 3.63) is 29.7 Å². The molecule has 1 aromatic carbocycles. The lowest BCUT2D eigenvalue weighted by Gasteiger charge is -2.35. The number of hydrogen-bond acceptors (Lipinski definition) is 3. The SMILES string of the molecule is CCN1CCN(c2ccc(N)c(C[C](C)C)c2)CC1. The van der Waals surface area contributed by atoms with E-state index in [9.17, 15) is 0 Å². The maximum absolute atomic E-state index is 6.07. The minimum Gasteiger partial charge on any atom is -0.399 e. The fourth-order valence-corrected chi connectivity index (χ4v) is 2.65. The Labute approximate surface area is 117 Å². The van der Waals surface area contributed by atoms with Gasteiger partial charge in [0.25, 0.3) is 0 Å². The first-order valence-electron chi connectivity index (χ1n) is 7.25. The van der Waals surface area contributed by atoms with Gasteiger partial charge in [-0.05, 0) is 42.6 Å². The monoisotopic (exact) mass is 260 g/mol. The van der Waals surface area contributed by atoms with E-state index in [2.05, 4.69) is 48.8 Å². The zero-order chi connectivity index (χ0) is 13.8. The van der Waals surface area contributed by atoms with Crippen molar-refractivity contribution in [3.8, 4) is 0 Å². The Balaban J connectivity index is 2.08. The van der Waals surface area contributed by atoms with E-state index in [1.165, 1.54) is 17.2 Å². The predicted octanol–water partition coefficient (Wildman–Crippen LogP) is 2.57. The van der Waals surface area contributed by atoms with Crippen LogP contribution >= 0.6 is 0 Å². The second kappa shape index (κ2) is 6.29. The molecule has 0 bridgehead atoms. The average molecular weight is 260 g/mol. The van der Waals surface area contributed by atoms with Gasteiger partial charge in [-0.2, -0.15) is 0 Å². The summed E-state index contributed by atoms with van der Waals surface area (Å²) in [7, 11) is 0. The van der Waals surface area contributed by atoms with Crippen LogP contribution in [0.4, 0.5) is 11.4 Å². The lowest BCUT2D eigenvalue weighted by Crippen LogP contribution is -2.46. The highest BCUT2D eigenvalue weighted by Gasteiger charge is 2.16. The van der Waals surface area contributed by atoms with Gasteiger partial charge in [0.05, 0.1) is 0 Å². The highest BCUT2D eigenvalue weighted by molar-refractivity contribution is 5.59. The first-order chi connectivity index (χ1) is 9.10. The van der Waals surface area contributed by atoms with Crippen LogP contribution < -0.4 is 10.6 Å². The van der Waals surface area contributed by atoms with Gasteiger partial charge in [-0.1, -0.05) is 20.8 Å². The third kappa shape index (κ3) is 3.63. The summed E-state index contributed by atoms with van der Waals surface area (Å²) < 4.78 is 0. The Morgan fingerprint density at radius 2 is 1.84 bits per heavy atom. The maximum atomic E-state index is 6.07. The average Bonchev–Trinajstić information content (AvgIpc) is 2.41. The molecule has 2 rings (SSSR count). The van der Waals surface area contributed by atoms with Crippen molar-refractivity contribution < 1.29 is 0 Å². The maximum Gasteiger partial charge on any atom is 0.0371 e. The van der Waals surface area contributed by atoms with Crippen molar-refractivity contribution in [2.45, 2.75) is 27.2 Å². The first kappa shape index (κ1) is 14.2. The number of hydrogen-bond donors (Lipinski definition) is 1. The van der Waals surface area contributed by atoms with E-state index in [0.29, 0.717) is 0 Å². The second-order valence-electron chi connectivity index (χ2n) is 5.69. The zero-order valence-corrected chi connectivity index (χ0v) is 12.4. The van der Waals surface area contributed by atoms with Gasteiger partial charge >= 0.3 is 0 Å². The van der Waals surface area contributed by atoms with Gasteiger partial charge in [0.15, 0.2) is 0 Å². The van der Waals surface area contributed by atoms with Crippen LogP contribution in [0.15, 0.2) is 18.2 Å². The van der Waals surface area contributed by atoms with E-state index in [4.69, 9.17) is 5.73 Å². The summed E-state index contributed by atoms with van der Waals surface area (Å²) in [5.74, 6) is 1.40. The molecule has 0 atom stereocenters. The van der Waals surface area contributed by atoms with E-state index in [-0.39, 0.29) is 0 Å². The number of nitrogens with two attached hydrogens (primary N) is 1. The highest BCUT2D eigenvalue weighted by Crippen LogP contribution is 2.24. The summed E-state index contributed by atoms with van der Waals surface area (Å²) >= 11 is 0. The summed E-state index contributed by atoms with van der Waals surface area (Å²) in [5.41, 5.74) is 9.57. The van der Waals surface area contributed by atoms with Crippen LogP contribution in [0, 0.1) is 5.92 Å². The molecule has 3 nitrogen and oxygen atoms in total. The number of piperazine rings is 1. The largest absolute Gasteiger partial charge is 0.399 e. The number of benzene rings is 1. The Hall–Kier alpha value is -1.22. The standard InChI is InChI=1S/C16H26N3/c1-4-18-7-9-19(10-8-18)15-5-6-16(17)14(12-15)11-13(2)3/h5-6,12H,4,7-11,17H2,1-3H3. The normalized spacial score (nSPS) is 17.2. The van der Waals surface area contributed by atoms with E-state index >= 15 is 0 Å². The lowest BCUT2D eigenvalue weighted by atomic mass is 10.0. The van der Waals surface area contributed by atoms with Crippen molar-refractivity contribution in [3.63, 3.8) is 0 Å². The van der Waals surface area contributed by atoms with Gasteiger partial charge in [0.1, 0.15) is 0 Å². The molecule has 2 N–H and O–H groups in total. The Kier molecular flexibility index (Phi) is 4.70. The smallest absolute Gasteiger partial charge is 0.0371 e. The molecule has 0 unspecified atom stereocenters. The van der Waals surface area contributed by atoms with Gasteiger partial charge < -0.3 is 15.5 Å².